The molecule has 2 unspecified atom stereocenters. The van der Waals surface area contributed by atoms with Crippen molar-refractivity contribution in [2.75, 3.05) is 37.4 Å². The number of hydrogen-bond donors (Lipinski definition) is 1. The van der Waals surface area contributed by atoms with Gasteiger partial charge in [-0.15, -0.1) is 0 Å². The van der Waals surface area contributed by atoms with Crippen LogP contribution in [0.4, 0.5) is 11.5 Å². The first-order valence-electron chi connectivity index (χ1n) is 7.36. The predicted molar refractivity (Wildman–Crippen MR) is 79.8 cm³/mol. The number of pyridine rings is 1. The lowest BCUT2D eigenvalue weighted by molar-refractivity contribution is 0.188. The van der Waals surface area contributed by atoms with Crippen molar-refractivity contribution in [2.24, 2.45) is 0 Å². The molecule has 2 saturated heterocycles. The van der Waals surface area contributed by atoms with E-state index in [1.807, 2.05) is 25.2 Å². The summed E-state index contributed by atoms with van der Waals surface area (Å²) in [6, 6.07) is 5.66. The van der Waals surface area contributed by atoms with E-state index in [2.05, 4.69) is 27.3 Å². The molecule has 104 valence electrons. The SMILES string of the molecule is CN(C)c1ccc(NC2CCN3CCCC3C2)cn1. The first-order valence-corrected chi connectivity index (χ1v) is 7.36. The summed E-state index contributed by atoms with van der Waals surface area (Å²) in [5.74, 6) is 1.01. The second-order valence-electron chi connectivity index (χ2n) is 6.00. The van der Waals surface area contributed by atoms with Crippen LogP contribution in [0.15, 0.2) is 18.3 Å². The number of fused-ring (bicyclic) bond motifs is 1. The van der Waals surface area contributed by atoms with E-state index in [-0.39, 0.29) is 0 Å². The zero-order chi connectivity index (χ0) is 13.2. The van der Waals surface area contributed by atoms with Gasteiger partial charge in [-0.05, 0) is 44.4 Å². The zero-order valence-corrected chi connectivity index (χ0v) is 12.0. The highest BCUT2D eigenvalue weighted by molar-refractivity contribution is 5.48. The van der Waals surface area contributed by atoms with Crippen molar-refractivity contribution in [3.05, 3.63) is 18.3 Å². The van der Waals surface area contributed by atoms with Crippen LogP contribution >= 0.6 is 0 Å². The topological polar surface area (TPSA) is 31.4 Å². The van der Waals surface area contributed by atoms with Crippen LogP contribution in [-0.4, -0.2) is 49.2 Å². The van der Waals surface area contributed by atoms with Crippen LogP contribution in [0, 0.1) is 0 Å². The molecule has 4 nitrogen and oxygen atoms in total. The van der Waals surface area contributed by atoms with Gasteiger partial charge in [-0.2, -0.15) is 0 Å². The second-order valence-corrected chi connectivity index (χ2v) is 6.00. The van der Waals surface area contributed by atoms with Gasteiger partial charge in [0.05, 0.1) is 11.9 Å². The van der Waals surface area contributed by atoms with Crippen molar-refractivity contribution in [2.45, 2.75) is 37.8 Å². The number of piperidine rings is 1. The fourth-order valence-corrected chi connectivity index (χ4v) is 3.33. The Morgan fingerprint density at radius 1 is 1.26 bits per heavy atom. The van der Waals surface area contributed by atoms with Gasteiger partial charge in [-0.25, -0.2) is 4.98 Å². The molecule has 2 aliphatic rings. The molecule has 1 aromatic rings. The quantitative estimate of drug-likeness (QED) is 0.902. The number of hydrogen-bond acceptors (Lipinski definition) is 4. The molecule has 0 amide bonds. The van der Waals surface area contributed by atoms with E-state index in [1.54, 1.807) is 0 Å². The largest absolute Gasteiger partial charge is 0.381 e. The van der Waals surface area contributed by atoms with Crippen molar-refractivity contribution < 1.29 is 0 Å². The number of nitrogens with one attached hydrogen (secondary N) is 1. The van der Waals surface area contributed by atoms with Crippen LogP contribution in [0.3, 0.4) is 0 Å². The first-order chi connectivity index (χ1) is 9.22. The van der Waals surface area contributed by atoms with E-state index in [0.717, 1.165) is 17.5 Å². The molecule has 3 heterocycles. The summed E-state index contributed by atoms with van der Waals surface area (Å²) in [5.41, 5.74) is 1.15. The maximum Gasteiger partial charge on any atom is 0.128 e. The van der Waals surface area contributed by atoms with Crippen molar-refractivity contribution in [1.29, 1.82) is 0 Å². The molecule has 0 spiro atoms. The van der Waals surface area contributed by atoms with E-state index in [4.69, 9.17) is 0 Å². The van der Waals surface area contributed by atoms with Gasteiger partial charge >= 0.3 is 0 Å². The Hall–Kier alpha value is -1.29. The molecule has 0 aromatic carbocycles. The fourth-order valence-electron chi connectivity index (χ4n) is 3.33. The average Bonchev–Trinajstić information content (AvgIpc) is 2.87. The van der Waals surface area contributed by atoms with Crippen molar-refractivity contribution in [1.82, 2.24) is 9.88 Å². The smallest absolute Gasteiger partial charge is 0.128 e. The third-order valence-electron chi connectivity index (χ3n) is 4.40. The third kappa shape index (κ3) is 2.84. The minimum atomic E-state index is 0.617. The lowest BCUT2D eigenvalue weighted by atomic mass is 9.97. The van der Waals surface area contributed by atoms with Crippen molar-refractivity contribution >= 4 is 11.5 Å². The molecule has 0 saturated carbocycles. The monoisotopic (exact) mass is 260 g/mol. The zero-order valence-electron chi connectivity index (χ0n) is 12.0. The number of aromatic nitrogens is 1. The molecule has 1 aromatic heterocycles. The Balaban J connectivity index is 1.59. The first kappa shape index (κ1) is 12.7. The van der Waals surface area contributed by atoms with E-state index < -0.39 is 0 Å². The summed E-state index contributed by atoms with van der Waals surface area (Å²) in [7, 11) is 4.04. The van der Waals surface area contributed by atoms with Crippen LogP contribution in [0.5, 0.6) is 0 Å². The molecule has 0 aliphatic carbocycles. The van der Waals surface area contributed by atoms with Crippen LogP contribution in [0.25, 0.3) is 0 Å². The number of nitrogens with zero attached hydrogens (tertiary/aromatic N) is 3. The molecule has 19 heavy (non-hydrogen) atoms. The molecule has 1 N–H and O–H groups in total. The van der Waals surface area contributed by atoms with E-state index in [9.17, 15) is 0 Å². The minimum absolute atomic E-state index is 0.617. The standard InChI is InChI=1S/C15H24N4/c1-18(2)15-6-5-13(11-16-15)17-12-7-9-19-8-3-4-14(19)10-12/h5-6,11-12,14,17H,3-4,7-10H2,1-2H3. The van der Waals surface area contributed by atoms with E-state index in [1.165, 1.54) is 38.8 Å². The molecule has 0 radical (unpaired) electrons. The molecule has 3 rings (SSSR count). The molecule has 2 atom stereocenters. The Morgan fingerprint density at radius 2 is 2.16 bits per heavy atom. The van der Waals surface area contributed by atoms with E-state index >= 15 is 0 Å². The Morgan fingerprint density at radius 3 is 2.89 bits per heavy atom. The highest BCUT2D eigenvalue weighted by Gasteiger charge is 2.31. The van der Waals surface area contributed by atoms with Crippen LogP contribution in [0.2, 0.25) is 0 Å². The normalized spacial score (nSPS) is 27.1. The summed E-state index contributed by atoms with van der Waals surface area (Å²) in [5, 5.41) is 3.65. The van der Waals surface area contributed by atoms with E-state index in [0.29, 0.717) is 6.04 Å². The summed E-state index contributed by atoms with van der Waals surface area (Å²) in [4.78, 5) is 9.15. The maximum absolute atomic E-state index is 4.46. The van der Waals surface area contributed by atoms with Gasteiger partial charge in [0, 0.05) is 32.7 Å². The summed E-state index contributed by atoms with van der Waals surface area (Å²) in [6.45, 7) is 2.57. The molecular formula is C15H24N4. The Kier molecular flexibility index (Phi) is 3.60. The molecular weight excluding hydrogens is 236 g/mol. The third-order valence-corrected chi connectivity index (χ3v) is 4.40. The summed E-state index contributed by atoms with van der Waals surface area (Å²) >= 11 is 0. The van der Waals surface area contributed by atoms with Crippen LogP contribution in [0.1, 0.15) is 25.7 Å². The fraction of sp³-hybridized carbons (Fsp3) is 0.667. The molecule has 4 heteroatoms. The van der Waals surface area contributed by atoms with Gasteiger partial charge < -0.3 is 15.1 Å². The summed E-state index contributed by atoms with van der Waals surface area (Å²) < 4.78 is 0. The van der Waals surface area contributed by atoms with Crippen LogP contribution in [-0.2, 0) is 0 Å². The maximum atomic E-state index is 4.46. The van der Waals surface area contributed by atoms with Gasteiger partial charge in [0.15, 0.2) is 0 Å². The van der Waals surface area contributed by atoms with Crippen molar-refractivity contribution in [3.63, 3.8) is 0 Å². The lowest BCUT2D eigenvalue weighted by Crippen LogP contribution is -2.42. The van der Waals surface area contributed by atoms with Gasteiger partial charge in [0.25, 0.3) is 0 Å². The van der Waals surface area contributed by atoms with Gasteiger partial charge in [0.2, 0.25) is 0 Å². The minimum Gasteiger partial charge on any atom is -0.381 e. The van der Waals surface area contributed by atoms with Crippen molar-refractivity contribution in [3.8, 4) is 0 Å². The highest BCUT2D eigenvalue weighted by Crippen LogP contribution is 2.28. The average molecular weight is 260 g/mol. The molecule has 2 aliphatic heterocycles. The molecule has 2 fully saturated rings. The Labute approximate surface area is 115 Å². The van der Waals surface area contributed by atoms with Gasteiger partial charge in [0.1, 0.15) is 5.82 Å². The van der Waals surface area contributed by atoms with Crippen LogP contribution < -0.4 is 10.2 Å². The number of anilines is 2. The molecule has 0 bridgehead atoms. The number of rotatable bonds is 3. The predicted octanol–water partition coefficient (Wildman–Crippen LogP) is 2.19. The second kappa shape index (κ2) is 5.37. The lowest BCUT2D eigenvalue weighted by Gasteiger charge is -2.35. The summed E-state index contributed by atoms with van der Waals surface area (Å²) in [6.07, 6.45) is 7.27. The highest BCUT2D eigenvalue weighted by atomic mass is 15.2. The van der Waals surface area contributed by atoms with Gasteiger partial charge in [-0.1, -0.05) is 0 Å². The van der Waals surface area contributed by atoms with Gasteiger partial charge in [-0.3, -0.25) is 0 Å². The Bertz CT molecular complexity index is 415.